The number of carbonyl (C=O) groups is 1. The van der Waals surface area contributed by atoms with Gasteiger partial charge in [-0.1, -0.05) is 0 Å². The molecule has 1 fully saturated rings. The molecule has 23 heavy (non-hydrogen) atoms. The van der Waals surface area contributed by atoms with Crippen molar-refractivity contribution in [2.45, 2.75) is 19.4 Å². The highest BCUT2D eigenvalue weighted by atomic mass is 32.1. The molecule has 0 unspecified atom stereocenters. The minimum absolute atomic E-state index is 0.211. The third-order valence-corrected chi connectivity index (χ3v) is 4.83. The lowest BCUT2D eigenvalue weighted by atomic mass is 10.3. The molecule has 1 aliphatic heterocycles. The standard InChI is InChI=1S/C15H16N6OS/c22-14(12-4-3-10-7-17-20-13(10)19-12)16-8-11-9-23-15(18-11)21-5-1-2-6-21/h3-4,7,9H,1-2,5-6,8H2,(H,16,22)(H,17,19,20). The number of amides is 1. The second-order valence-electron chi connectivity index (χ2n) is 5.50. The van der Waals surface area contributed by atoms with Gasteiger partial charge in [-0.05, 0) is 25.0 Å². The summed E-state index contributed by atoms with van der Waals surface area (Å²) in [5.41, 5.74) is 1.87. The maximum Gasteiger partial charge on any atom is 0.270 e. The molecule has 1 saturated heterocycles. The quantitative estimate of drug-likeness (QED) is 0.764. The number of nitrogens with one attached hydrogen (secondary N) is 2. The van der Waals surface area contributed by atoms with Crippen LogP contribution < -0.4 is 10.2 Å². The molecule has 0 saturated carbocycles. The summed E-state index contributed by atoms with van der Waals surface area (Å²) in [5, 5.41) is 13.5. The number of H-pyrrole nitrogens is 1. The van der Waals surface area contributed by atoms with Gasteiger partial charge in [-0.25, -0.2) is 9.97 Å². The number of carbonyl (C=O) groups excluding carboxylic acids is 1. The molecule has 8 heteroatoms. The molecule has 2 N–H and O–H groups in total. The predicted molar refractivity (Wildman–Crippen MR) is 88.6 cm³/mol. The Bertz CT molecular complexity index is 835. The lowest BCUT2D eigenvalue weighted by Gasteiger charge is -2.12. The number of thiazole rings is 1. The molecule has 0 aliphatic carbocycles. The largest absolute Gasteiger partial charge is 0.348 e. The summed E-state index contributed by atoms with van der Waals surface area (Å²) >= 11 is 1.63. The van der Waals surface area contributed by atoms with Gasteiger partial charge < -0.3 is 10.2 Å². The van der Waals surface area contributed by atoms with Crippen LogP contribution in [0.4, 0.5) is 5.13 Å². The number of aromatic amines is 1. The van der Waals surface area contributed by atoms with E-state index in [1.165, 1.54) is 12.8 Å². The lowest BCUT2D eigenvalue weighted by molar-refractivity contribution is 0.0946. The zero-order valence-electron chi connectivity index (χ0n) is 12.5. The number of hydrogen-bond acceptors (Lipinski definition) is 6. The third kappa shape index (κ3) is 2.89. The fraction of sp³-hybridized carbons (Fsp3) is 0.333. The highest BCUT2D eigenvalue weighted by Gasteiger charge is 2.16. The van der Waals surface area contributed by atoms with Crippen LogP contribution >= 0.6 is 11.3 Å². The minimum Gasteiger partial charge on any atom is -0.348 e. The van der Waals surface area contributed by atoms with E-state index < -0.39 is 0 Å². The summed E-state index contributed by atoms with van der Waals surface area (Å²) < 4.78 is 0. The molecule has 0 atom stereocenters. The van der Waals surface area contributed by atoms with Crippen molar-refractivity contribution in [1.82, 2.24) is 25.5 Å². The van der Waals surface area contributed by atoms with Crippen LogP contribution in [0.25, 0.3) is 11.0 Å². The topological polar surface area (TPSA) is 86.8 Å². The smallest absolute Gasteiger partial charge is 0.270 e. The number of rotatable bonds is 4. The van der Waals surface area contributed by atoms with Crippen molar-refractivity contribution in [2.75, 3.05) is 18.0 Å². The number of fused-ring (bicyclic) bond motifs is 1. The molecule has 0 bridgehead atoms. The lowest BCUT2D eigenvalue weighted by Crippen LogP contribution is -2.24. The van der Waals surface area contributed by atoms with E-state index in [-0.39, 0.29) is 5.91 Å². The molecule has 1 aliphatic rings. The van der Waals surface area contributed by atoms with Crippen LogP contribution in [0.3, 0.4) is 0 Å². The first-order chi connectivity index (χ1) is 11.3. The summed E-state index contributed by atoms with van der Waals surface area (Å²) in [6, 6.07) is 3.53. The Morgan fingerprint density at radius 1 is 1.30 bits per heavy atom. The van der Waals surface area contributed by atoms with E-state index in [0.717, 1.165) is 29.3 Å². The number of aromatic nitrogens is 4. The van der Waals surface area contributed by atoms with E-state index in [2.05, 4.69) is 30.4 Å². The molecule has 4 rings (SSSR count). The minimum atomic E-state index is -0.211. The first-order valence-electron chi connectivity index (χ1n) is 7.57. The Kier molecular flexibility index (Phi) is 3.66. The Morgan fingerprint density at radius 2 is 2.17 bits per heavy atom. The SMILES string of the molecule is O=C(NCc1csc(N2CCCC2)n1)c1ccc2cn[nH]c2n1. The maximum absolute atomic E-state index is 12.2. The Morgan fingerprint density at radius 3 is 3.04 bits per heavy atom. The van der Waals surface area contributed by atoms with Crippen LogP contribution in [0.5, 0.6) is 0 Å². The second kappa shape index (κ2) is 5.96. The number of nitrogens with zero attached hydrogens (tertiary/aromatic N) is 4. The summed E-state index contributed by atoms with van der Waals surface area (Å²) in [4.78, 5) is 23.4. The van der Waals surface area contributed by atoms with Gasteiger partial charge in [0.25, 0.3) is 5.91 Å². The van der Waals surface area contributed by atoms with E-state index in [4.69, 9.17) is 0 Å². The molecule has 7 nitrogen and oxygen atoms in total. The van der Waals surface area contributed by atoms with Crippen molar-refractivity contribution >= 4 is 33.4 Å². The van der Waals surface area contributed by atoms with Gasteiger partial charge in [-0.15, -0.1) is 11.3 Å². The van der Waals surface area contributed by atoms with Gasteiger partial charge in [0.15, 0.2) is 10.8 Å². The molecule has 0 aromatic carbocycles. The van der Waals surface area contributed by atoms with E-state index in [9.17, 15) is 4.79 Å². The van der Waals surface area contributed by atoms with Crippen molar-refractivity contribution in [3.63, 3.8) is 0 Å². The molecule has 1 amide bonds. The van der Waals surface area contributed by atoms with Crippen LogP contribution in [0.15, 0.2) is 23.7 Å². The number of pyridine rings is 1. The Labute approximate surface area is 136 Å². The molecule has 0 spiro atoms. The number of hydrogen-bond donors (Lipinski definition) is 2. The van der Waals surface area contributed by atoms with Crippen LogP contribution in [-0.4, -0.2) is 39.2 Å². The molecule has 3 aromatic rings. The highest BCUT2D eigenvalue weighted by Crippen LogP contribution is 2.24. The molecule has 0 radical (unpaired) electrons. The van der Waals surface area contributed by atoms with Gasteiger partial charge in [0.2, 0.25) is 0 Å². The number of anilines is 1. The molecular weight excluding hydrogens is 312 g/mol. The van der Waals surface area contributed by atoms with Crippen LogP contribution in [0, 0.1) is 0 Å². The summed E-state index contributed by atoms with van der Waals surface area (Å²) in [7, 11) is 0. The second-order valence-corrected chi connectivity index (χ2v) is 6.34. The maximum atomic E-state index is 12.2. The van der Waals surface area contributed by atoms with Crippen molar-refractivity contribution in [1.29, 1.82) is 0 Å². The van der Waals surface area contributed by atoms with Crippen molar-refractivity contribution < 1.29 is 4.79 Å². The van der Waals surface area contributed by atoms with Crippen molar-refractivity contribution in [3.8, 4) is 0 Å². The average molecular weight is 328 g/mol. The fourth-order valence-corrected chi connectivity index (χ4v) is 3.52. The van der Waals surface area contributed by atoms with E-state index in [1.807, 2.05) is 11.4 Å². The third-order valence-electron chi connectivity index (χ3n) is 3.88. The van der Waals surface area contributed by atoms with Crippen molar-refractivity contribution in [2.24, 2.45) is 0 Å². The van der Waals surface area contributed by atoms with Gasteiger partial charge in [0, 0.05) is 23.9 Å². The van der Waals surface area contributed by atoms with Crippen LogP contribution in [0.2, 0.25) is 0 Å². The first kappa shape index (κ1) is 14.1. The van der Waals surface area contributed by atoms with E-state index in [1.54, 1.807) is 23.6 Å². The molecule has 118 valence electrons. The zero-order valence-corrected chi connectivity index (χ0v) is 13.3. The monoisotopic (exact) mass is 328 g/mol. The van der Waals surface area contributed by atoms with Gasteiger partial charge in [0.05, 0.1) is 18.4 Å². The Hall–Kier alpha value is -2.48. The predicted octanol–water partition coefficient (Wildman–Crippen LogP) is 1.94. The van der Waals surface area contributed by atoms with E-state index >= 15 is 0 Å². The van der Waals surface area contributed by atoms with Gasteiger partial charge in [-0.3, -0.25) is 9.89 Å². The molecular formula is C15H16N6OS. The molecule has 4 heterocycles. The zero-order chi connectivity index (χ0) is 15.6. The Balaban J connectivity index is 1.40. The first-order valence-corrected chi connectivity index (χ1v) is 8.45. The highest BCUT2D eigenvalue weighted by molar-refractivity contribution is 7.13. The van der Waals surface area contributed by atoms with Gasteiger partial charge in [-0.2, -0.15) is 5.10 Å². The van der Waals surface area contributed by atoms with Crippen molar-refractivity contribution in [3.05, 3.63) is 35.1 Å². The summed E-state index contributed by atoms with van der Waals surface area (Å²) in [5.74, 6) is -0.211. The fourth-order valence-electron chi connectivity index (χ4n) is 2.65. The van der Waals surface area contributed by atoms with Crippen LogP contribution in [-0.2, 0) is 6.54 Å². The average Bonchev–Trinajstić information content (AvgIpc) is 3.32. The van der Waals surface area contributed by atoms with Gasteiger partial charge >= 0.3 is 0 Å². The van der Waals surface area contributed by atoms with E-state index in [0.29, 0.717) is 17.9 Å². The molecule has 3 aromatic heterocycles. The summed E-state index contributed by atoms with van der Waals surface area (Å²) in [6.45, 7) is 2.56. The van der Waals surface area contributed by atoms with Crippen LogP contribution in [0.1, 0.15) is 29.0 Å². The normalized spacial score (nSPS) is 14.5. The van der Waals surface area contributed by atoms with Gasteiger partial charge in [0.1, 0.15) is 5.69 Å². The summed E-state index contributed by atoms with van der Waals surface area (Å²) in [6.07, 6.45) is 4.14.